The summed E-state index contributed by atoms with van der Waals surface area (Å²) < 4.78 is 10.8. The van der Waals surface area contributed by atoms with Gasteiger partial charge in [-0.3, -0.25) is 33.6 Å². The fourth-order valence-corrected chi connectivity index (χ4v) is 8.71. The van der Waals surface area contributed by atoms with Crippen LogP contribution in [-0.4, -0.2) is 86.1 Å². The molecular weight excluding hydrogens is 773 g/mol. The zero-order valence-corrected chi connectivity index (χ0v) is 33.5. The minimum atomic E-state index is -2.22. The van der Waals surface area contributed by atoms with Crippen LogP contribution < -0.4 is 0 Å². The van der Waals surface area contributed by atoms with Gasteiger partial charge >= 0.3 is 23.9 Å². The molecule has 2 aromatic rings. The highest BCUT2D eigenvalue weighted by atomic mass is 16.5. The SMILES string of the molecule is O=C(C1C=CC(C(=O)O)(C(=O)OCCc2ccc(C(=O)C3(O)CCCCC3)cc2)C=C1)C1C=CCC(C(=O)O)(C(=O)OCCc2ccc(C(=O)C3(O)CCCCC3)cc2)C1. The molecule has 6 rings (SSSR count). The number of benzene rings is 2. The second kappa shape index (κ2) is 18.4. The van der Waals surface area contributed by atoms with E-state index in [1.54, 1.807) is 48.5 Å². The number of carboxylic acid groups (broad SMARTS) is 2. The summed E-state index contributed by atoms with van der Waals surface area (Å²) >= 11 is 0. The summed E-state index contributed by atoms with van der Waals surface area (Å²) in [5, 5.41) is 42.0. The Labute approximate surface area is 348 Å². The first-order chi connectivity index (χ1) is 28.6. The van der Waals surface area contributed by atoms with Crippen LogP contribution in [0.15, 0.2) is 85.0 Å². The van der Waals surface area contributed by atoms with E-state index in [2.05, 4.69) is 0 Å². The van der Waals surface area contributed by atoms with E-state index in [1.165, 1.54) is 24.3 Å². The lowest BCUT2D eigenvalue weighted by Crippen LogP contribution is -2.45. The molecule has 60 heavy (non-hydrogen) atoms. The standard InChI is InChI=1S/C47H52O13/c48-37(33-17-26-44(27-18-33,40(51)52)42(55)59-28-19-31-9-13-34(14-10-31)38(49)46(57)22-3-1-4-23-46)36-8-7-21-45(30-36,41(53)54)43(56)60-29-20-32-11-15-35(16-12-32)39(50)47(58)24-5-2-6-25-47/h7-18,26-27,33,36,57-58H,1-6,19-25,28-30H2,(H,51,52)(H,53,54). The maximum Gasteiger partial charge on any atom is 0.331 e. The number of aliphatic carboxylic acids is 2. The summed E-state index contributed by atoms with van der Waals surface area (Å²) in [7, 11) is 0. The zero-order valence-electron chi connectivity index (χ0n) is 33.5. The number of carbonyl (C=O) groups excluding carboxylic acids is 5. The normalized spacial score (nSPS) is 25.4. The first kappa shape index (κ1) is 44.0. The Morgan fingerprint density at radius 2 is 1.03 bits per heavy atom. The molecule has 2 fully saturated rings. The first-order valence-electron chi connectivity index (χ1n) is 20.8. The molecule has 2 unspecified atom stereocenters. The molecule has 2 saturated carbocycles. The number of ketones is 3. The number of aliphatic hydroxyl groups is 2. The average Bonchev–Trinajstić information content (AvgIpc) is 3.26. The molecule has 13 heteroatoms. The highest BCUT2D eigenvalue weighted by Gasteiger charge is 2.52. The molecule has 0 amide bonds. The van der Waals surface area contributed by atoms with Gasteiger partial charge < -0.3 is 29.9 Å². The van der Waals surface area contributed by atoms with Gasteiger partial charge in [0.15, 0.2) is 17.0 Å². The molecule has 0 aromatic heterocycles. The van der Waals surface area contributed by atoms with E-state index in [9.17, 15) is 54.0 Å². The van der Waals surface area contributed by atoms with Gasteiger partial charge in [-0.1, -0.05) is 124 Å². The number of rotatable bonds is 16. The fraction of sp³-hybridized carbons (Fsp3) is 0.468. The van der Waals surface area contributed by atoms with Crippen molar-refractivity contribution in [3.63, 3.8) is 0 Å². The third-order valence-corrected chi connectivity index (χ3v) is 12.6. The molecule has 2 atom stereocenters. The van der Waals surface area contributed by atoms with Gasteiger partial charge in [-0.05, 0) is 49.7 Å². The fourth-order valence-electron chi connectivity index (χ4n) is 8.71. The Kier molecular flexibility index (Phi) is 13.5. The van der Waals surface area contributed by atoms with Crippen LogP contribution in [0.5, 0.6) is 0 Å². The lowest BCUT2D eigenvalue weighted by molar-refractivity contribution is -0.171. The molecule has 0 radical (unpaired) electrons. The maximum absolute atomic E-state index is 13.7. The zero-order chi connectivity index (χ0) is 43.1. The van der Waals surface area contributed by atoms with Gasteiger partial charge in [0.05, 0.1) is 19.1 Å². The van der Waals surface area contributed by atoms with Gasteiger partial charge in [0.25, 0.3) is 0 Å². The van der Waals surface area contributed by atoms with Crippen LogP contribution in [0.4, 0.5) is 0 Å². The number of carbonyl (C=O) groups is 7. The van der Waals surface area contributed by atoms with Gasteiger partial charge in [0.1, 0.15) is 17.0 Å². The molecule has 13 nitrogen and oxygen atoms in total. The van der Waals surface area contributed by atoms with E-state index < -0.39 is 69.9 Å². The van der Waals surface area contributed by atoms with Gasteiger partial charge in [-0.15, -0.1) is 0 Å². The van der Waals surface area contributed by atoms with Crippen LogP contribution in [0.25, 0.3) is 0 Å². The predicted molar refractivity (Wildman–Crippen MR) is 216 cm³/mol. The van der Waals surface area contributed by atoms with Gasteiger partial charge in [0.2, 0.25) is 5.41 Å². The minimum Gasteiger partial charge on any atom is -0.480 e. The van der Waals surface area contributed by atoms with Crippen LogP contribution >= 0.6 is 0 Å². The molecule has 0 spiro atoms. The number of esters is 2. The lowest BCUT2D eigenvalue weighted by Gasteiger charge is -2.33. The highest BCUT2D eigenvalue weighted by molar-refractivity contribution is 6.06. The van der Waals surface area contributed by atoms with Gasteiger partial charge in [-0.25, -0.2) is 0 Å². The van der Waals surface area contributed by atoms with E-state index in [1.807, 2.05) is 0 Å². The lowest BCUT2D eigenvalue weighted by atomic mass is 9.69. The van der Waals surface area contributed by atoms with Crippen molar-refractivity contribution in [3.8, 4) is 0 Å². The monoisotopic (exact) mass is 824 g/mol. The second-order valence-electron chi connectivity index (χ2n) is 16.7. The summed E-state index contributed by atoms with van der Waals surface area (Å²) in [6, 6.07) is 13.2. The minimum absolute atomic E-state index is 0.159. The molecule has 0 aliphatic heterocycles. The van der Waals surface area contributed by atoms with Crippen molar-refractivity contribution in [1.82, 2.24) is 0 Å². The van der Waals surface area contributed by atoms with Gasteiger partial charge in [0, 0.05) is 29.9 Å². The Balaban J connectivity index is 1.01. The van der Waals surface area contributed by atoms with Crippen LogP contribution in [0.3, 0.4) is 0 Å². The van der Waals surface area contributed by atoms with Crippen LogP contribution in [-0.2, 0) is 46.3 Å². The molecule has 0 heterocycles. The molecule has 0 saturated heterocycles. The third kappa shape index (κ3) is 9.27. The number of hydrogen-bond acceptors (Lipinski definition) is 11. The molecule has 2 aromatic carbocycles. The smallest absolute Gasteiger partial charge is 0.331 e. The van der Waals surface area contributed by atoms with Crippen molar-refractivity contribution in [2.75, 3.05) is 13.2 Å². The Bertz CT molecular complexity index is 2050. The molecular formula is C47H52O13. The van der Waals surface area contributed by atoms with Crippen molar-refractivity contribution >= 4 is 41.2 Å². The Morgan fingerprint density at radius 1 is 0.583 bits per heavy atom. The van der Waals surface area contributed by atoms with E-state index in [-0.39, 0.29) is 44.0 Å². The Hall–Kier alpha value is -5.53. The summed E-state index contributed by atoms with van der Waals surface area (Å²) in [4.78, 5) is 91.2. The third-order valence-electron chi connectivity index (χ3n) is 12.6. The number of hydrogen-bond donors (Lipinski definition) is 4. The molecule has 318 valence electrons. The van der Waals surface area contributed by atoms with Crippen molar-refractivity contribution < 1.29 is 63.5 Å². The average molecular weight is 825 g/mol. The molecule has 4 aliphatic carbocycles. The topological polar surface area (TPSA) is 219 Å². The second-order valence-corrected chi connectivity index (χ2v) is 16.7. The largest absolute Gasteiger partial charge is 0.480 e. The molecule has 0 bridgehead atoms. The summed E-state index contributed by atoms with van der Waals surface area (Å²) in [6.45, 7) is -0.332. The van der Waals surface area contributed by atoms with Gasteiger partial charge in [-0.2, -0.15) is 0 Å². The quantitative estimate of drug-likeness (QED) is 0.0689. The van der Waals surface area contributed by atoms with Crippen LogP contribution in [0, 0.1) is 22.7 Å². The summed E-state index contributed by atoms with van der Waals surface area (Å²) in [5.41, 5.74) is -4.79. The van der Waals surface area contributed by atoms with Crippen molar-refractivity contribution in [3.05, 3.63) is 107 Å². The van der Waals surface area contributed by atoms with Crippen molar-refractivity contribution in [2.24, 2.45) is 22.7 Å². The Morgan fingerprint density at radius 3 is 1.47 bits per heavy atom. The predicted octanol–water partition coefficient (Wildman–Crippen LogP) is 5.73. The molecule has 4 N–H and O–H groups in total. The number of allylic oxidation sites excluding steroid dienone is 4. The first-order valence-corrected chi connectivity index (χ1v) is 20.8. The van der Waals surface area contributed by atoms with E-state index in [0.717, 1.165) is 61.8 Å². The van der Waals surface area contributed by atoms with Crippen molar-refractivity contribution in [1.29, 1.82) is 0 Å². The maximum atomic E-state index is 13.7. The van der Waals surface area contributed by atoms with Crippen LogP contribution in [0.2, 0.25) is 0 Å². The highest BCUT2D eigenvalue weighted by Crippen LogP contribution is 2.40. The number of Topliss-reactive ketones (excluding diaryl/α,β-unsaturated/α-hetero) is 3. The van der Waals surface area contributed by atoms with Crippen molar-refractivity contribution in [2.45, 2.75) is 101 Å². The summed E-state index contributed by atoms with van der Waals surface area (Å²) in [5.74, 6) is -8.28. The van der Waals surface area contributed by atoms with E-state index >= 15 is 0 Å². The van der Waals surface area contributed by atoms with E-state index in [4.69, 9.17) is 9.47 Å². The number of ether oxygens (including phenoxy) is 2. The van der Waals surface area contributed by atoms with Crippen LogP contribution in [0.1, 0.15) is 109 Å². The number of carboxylic acids is 2. The molecule has 4 aliphatic rings. The summed E-state index contributed by atoms with van der Waals surface area (Å²) in [6.07, 6.45) is 14.2. The van der Waals surface area contributed by atoms with E-state index in [0.29, 0.717) is 36.8 Å².